The van der Waals surface area contributed by atoms with Crippen LogP contribution < -0.4 is 0 Å². The van der Waals surface area contributed by atoms with Crippen LogP contribution in [-0.2, 0) is 4.74 Å². The van der Waals surface area contributed by atoms with E-state index >= 15 is 0 Å². The molecule has 1 atom stereocenters. The summed E-state index contributed by atoms with van der Waals surface area (Å²) in [5.41, 5.74) is 0. The highest BCUT2D eigenvalue weighted by atomic mass is 35.5. The fourth-order valence-corrected chi connectivity index (χ4v) is 0.785. The summed E-state index contributed by atoms with van der Waals surface area (Å²) in [4.78, 5) is 0. The minimum atomic E-state index is -0.0896. The smallest absolute Gasteiger partial charge is 0.0631 e. The second-order valence-corrected chi connectivity index (χ2v) is 2.87. The maximum Gasteiger partial charge on any atom is 0.0631 e. The second kappa shape index (κ2) is 7.61. The van der Waals surface area contributed by atoms with Crippen molar-refractivity contribution < 1.29 is 9.84 Å². The zero-order valence-corrected chi connectivity index (χ0v) is 7.24. The molecule has 0 aliphatic carbocycles. The van der Waals surface area contributed by atoms with E-state index in [9.17, 15) is 0 Å². The van der Waals surface area contributed by atoms with Gasteiger partial charge in [-0.25, -0.2) is 0 Å². The van der Waals surface area contributed by atoms with Crippen molar-refractivity contribution in [1.29, 1.82) is 0 Å². The van der Waals surface area contributed by atoms with Gasteiger partial charge in [0.05, 0.1) is 18.6 Å². The first-order valence-corrected chi connectivity index (χ1v) is 4.17. The quantitative estimate of drug-likeness (QED) is 0.500. The number of hydrogen-bond acceptors (Lipinski definition) is 2. The molecule has 0 aromatic rings. The average Bonchev–Trinajstić information content (AvgIpc) is 1.89. The highest BCUT2D eigenvalue weighted by Gasteiger charge is 2.01. The number of alkyl halides is 2. The number of halogens is 2. The number of rotatable bonds is 6. The number of ether oxygens (including phenoxy) is 1. The molecular formula is C6H12Cl2O2. The predicted molar refractivity (Wildman–Crippen MR) is 42.9 cm³/mol. The Morgan fingerprint density at radius 2 is 2.20 bits per heavy atom. The molecule has 0 aliphatic rings. The Morgan fingerprint density at radius 1 is 1.50 bits per heavy atom. The van der Waals surface area contributed by atoms with Crippen LogP contribution in [0, 0.1) is 0 Å². The third-order valence-corrected chi connectivity index (χ3v) is 1.46. The van der Waals surface area contributed by atoms with Crippen LogP contribution in [0.25, 0.3) is 0 Å². The van der Waals surface area contributed by atoms with Gasteiger partial charge in [-0.2, -0.15) is 0 Å². The van der Waals surface area contributed by atoms with Gasteiger partial charge in [-0.1, -0.05) is 0 Å². The van der Waals surface area contributed by atoms with E-state index in [1.165, 1.54) is 0 Å². The Bertz CT molecular complexity index is 70.8. The van der Waals surface area contributed by atoms with Crippen LogP contribution in [0.1, 0.15) is 6.42 Å². The van der Waals surface area contributed by atoms with Gasteiger partial charge < -0.3 is 9.84 Å². The highest BCUT2D eigenvalue weighted by molar-refractivity contribution is 6.20. The van der Waals surface area contributed by atoms with E-state index in [1.807, 2.05) is 0 Å². The van der Waals surface area contributed by atoms with Crippen LogP contribution in [-0.4, -0.2) is 36.2 Å². The minimum absolute atomic E-state index is 0.0896. The summed E-state index contributed by atoms with van der Waals surface area (Å²) in [5, 5.41) is 8.34. The minimum Gasteiger partial charge on any atom is -0.396 e. The molecule has 4 heteroatoms. The van der Waals surface area contributed by atoms with E-state index in [2.05, 4.69) is 0 Å². The molecule has 0 aromatic carbocycles. The molecule has 1 N–H and O–H groups in total. The van der Waals surface area contributed by atoms with Gasteiger partial charge in [0.15, 0.2) is 0 Å². The Hall–Kier alpha value is 0.500. The van der Waals surface area contributed by atoms with Crippen molar-refractivity contribution >= 4 is 23.2 Å². The summed E-state index contributed by atoms with van der Waals surface area (Å²) in [6.45, 7) is 1.10. The summed E-state index contributed by atoms with van der Waals surface area (Å²) < 4.78 is 5.02. The molecule has 0 spiro atoms. The molecule has 0 amide bonds. The second-order valence-electron chi connectivity index (χ2n) is 1.87. The maximum atomic E-state index is 8.43. The highest BCUT2D eigenvalue weighted by Crippen LogP contribution is 2.01. The molecule has 0 aliphatic heterocycles. The monoisotopic (exact) mass is 186 g/mol. The first-order valence-electron chi connectivity index (χ1n) is 3.20. The van der Waals surface area contributed by atoms with Gasteiger partial charge in [0, 0.05) is 12.5 Å². The van der Waals surface area contributed by atoms with Crippen LogP contribution in [0.5, 0.6) is 0 Å². The fraction of sp³-hybridized carbons (Fsp3) is 1.00. The van der Waals surface area contributed by atoms with Crippen LogP contribution in [0.4, 0.5) is 0 Å². The zero-order valence-electron chi connectivity index (χ0n) is 5.72. The molecule has 1 unspecified atom stereocenters. The Kier molecular flexibility index (Phi) is 7.99. The topological polar surface area (TPSA) is 29.5 Å². The molecule has 0 saturated heterocycles. The van der Waals surface area contributed by atoms with Gasteiger partial charge in [0.25, 0.3) is 0 Å². The molecule has 0 fully saturated rings. The summed E-state index contributed by atoms with van der Waals surface area (Å²) in [6, 6.07) is 0. The molecule has 0 radical (unpaired) electrons. The Labute approximate surface area is 71.1 Å². The van der Waals surface area contributed by atoms with Gasteiger partial charge in [-0.05, 0) is 6.42 Å². The number of aliphatic hydroxyl groups is 1. The van der Waals surface area contributed by atoms with E-state index in [0.717, 1.165) is 0 Å². The van der Waals surface area contributed by atoms with Crippen LogP contribution in [0.15, 0.2) is 0 Å². The first kappa shape index (κ1) is 10.5. The predicted octanol–water partition coefficient (Wildman–Crippen LogP) is 1.23. The third-order valence-electron chi connectivity index (χ3n) is 0.963. The van der Waals surface area contributed by atoms with Crippen LogP contribution in [0.2, 0.25) is 0 Å². The summed E-state index contributed by atoms with van der Waals surface area (Å²) in [6.07, 6.45) is 0.573. The normalized spacial score (nSPS) is 13.5. The lowest BCUT2D eigenvalue weighted by atomic mass is 10.3. The van der Waals surface area contributed by atoms with Crippen molar-refractivity contribution in [3.05, 3.63) is 0 Å². The Morgan fingerprint density at radius 3 is 2.70 bits per heavy atom. The van der Waals surface area contributed by atoms with Gasteiger partial charge in [-0.3, -0.25) is 0 Å². The van der Waals surface area contributed by atoms with Crippen molar-refractivity contribution in [3.8, 4) is 0 Å². The standard InChI is InChI=1S/C6H12Cl2O2/c7-2-4-10-5-6(8)1-3-9/h6,9H,1-5H2. The number of aliphatic hydroxyl groups excluding tert-OH is 1. The van der Waals surface area contributed by atoms with Gasteiger partial charge >= 0.3 is 0 Å². The molecule has 0 bridgehead atoms. The SMILES string of the molecule is OCCC(Cl)COCCCl. The molecule has 2 nitrogen and oxygen atoms in total. The summed E-state index contributed by atoms with van der Waals surface area (Å²) >= 11 is 11.0. The van der Waals surface area contributed by atoms with Crippen molar-refractivity contribution in [2.24, 2.45) is 0 Å². The molecule has 0 saturated carbocycles. The van der Waals surface area contributed by atoms with Crippen LogP contribution in [0.3, 0.4) is 0 Å². The molecular weight excluding hydrogens is 175 g/mol. The van der Waals surface area contributed by atoms with Crippen molar-refractivity contribution in [2.45, 2.75) is 11.8 Å². The van der Waals surface area contributed by atoms with E-state index in [-0.39, 0.29) is 12.0 Å². The maximum absolute atomic E-state index is 8.43. The largest absolute Gasteiger partial charge is 0.396 e. The lowest BCUT2D eigenvalue weighted by molar-refractivity contribution is 0.141. The lowest BCUT2D eigenvalue weighted by Gasteiger charge is -2.06. The Balaban J connectivity index is 2.97. The van der Waals surface area contributed by atoms with Gasteiger partial charge in [0.1, 0.15) is 0 Å². The van der Waals surface area contributed by atoms with Crippen LogP contribution >= 0.6 is 23.2 Å². The van der Waals surface area contributed by atoms with Crippen molar-refractivity contribution in [1.82, 2.24) is 0 Å². The van der Waals surface area contributed by atoms with Crippen molar-refractivity contribution in [2.75, 3.05) is 25.7 Å². The summed E-state index contributed by atoms with van der Waals surface area (Å²) in [7, 11) is 0. The number of hydrogen-bond donors (Lipinski definition) is 1. The first-order chi connectivity index (χ1) is 4.81. The van der Waals surface area contributed by atoms with E-state index in [1.54, 1.807) is 0 Å². The lowest BCUT2D eigenvalue weighted by Crippen LogP contribution is -2.11. The molecule has 0 aromatic heterocycles. The molecule has 62 valence electrons. The average molecular weight is 187 g/mol. The van der Waals surface area contributed by atoms with E-state index < -0.39 is 0 Å². The molecule has 0 rings (SSSR count). The zero-order chi connectivity index (χ0) is 7.82. The van der Waals surface area contributed by atoms with Crippen molar-refractivity contribution in [3.63, 3.8) is 0 Å². The van der Waals surface area contributed by atoms with Gasteiger partial charge in [-0.15, -0.1) is 23.2 Å². The fourth-order valence-electron chi connectivity index (χ4n) is 0.489. The molecule has 10 heavy (non-hydrogen) atoms. The molecule has 0 heterocycles. The summed E-state index contributed by atoms with van der Waals surface area (Å²) in [5.74, 6) is 0.489. The van der Waals surface area contributed by atoms with E-state index in [4.69, 9.17) is 33.0 Å². The van der Waals surface area contributed by atoms with E-state index in [0.29, 0.717) is 25.5 Å². The third kappa shape index (κ3) is 6.62. The van der Waals surface area contributed by atoms with Gasteiger partial charge in [0.2, 0.25) is 0 Å².